The summed E-state index contributed by atoms with van der Waals surface area (Å²) in [6.07, 6.45) is 0. The van der Waals surface area contributed by atoms with Crippen LogP contribution in [0.5, 0.6) is 11.5 Å². The van der Waals surface area contributed by atoms with Gasteiger partial charge in [-0.2, -0.15) is 5.26 Å². The Labute approximate surface area is 177 Å². The average molecular weight is 411 g/mol. The average Bonchev–Trinajstić information content (AvgIpc) is 2.80. The fourth-order valence-corrected chi connectivity index (χ4v) is 3.08. The summed E-state index contributed by atoms with van der Waals surface area (Å²) in [5.74, 6) is 0.750. The van der Waals surface area contributed by atoms with E-state index in [9.17, 15) is 9.59 Å². The summed E-state index contributed by atoms with van der Waals surface area (Å²) in [6, 6.07) is 24.6. The highest BCUT2D eigenvalue weighted by atomic mass is 16.5. The normalized spacial score (nSPS) is 10.4. The van der Waals surface area contributed by atoms with Crippen molar-refractivity contribution in [2.75, 3.05) is 0 Å². The minimum absolute atomic E-state index is 0.191. The van der Waals surface area contributed by atoms with E-state index in [1.54, 1.807) is 48.5 Å². The van der Waals surface area contributed by atoms with Crippen LogP contribution in [0, 0.1) is 11.3 Å². The van der Waals surface area contributed by atoms with E-state index in [1.807, 2.05) is 36.4 Å². The molecule has 0 aliphatic carbocycles. The van der Waals surface area contributed by atoms with Crippen molar-refractivity contribution in [2.24, 2.45) is 0 Å². The Balaban J connectivity index is 1.54. The lowest BCUT2D eigenvalue weighted by molar-refractivity contribution is 0.0457. The number of hydrogen-bond donors (Lipinski definition) is 0. The molecule has 1 aromatic heterocycles. The molecule has 0 fully saturated rings. The standard InChI is InChI=1S/C24H17N3O4/c25-13-14-27-22(26-21-12-5-4-11-20(21)23(27)28)16-30-24(29)17-7-6-10-19(15-17)31-18-8-2-1-3-9-18/h1-12,15H,14,16H2. The highest BCUT2D eigenvalue weighted by Gasteiger charge is 2.14. The van der Waals surface area contributed by atoms with Crippen molar-refractivity contribution < 1.29 is 14.3 Å². The highest BCUT2D eigenvalue weighted by molar-refractivity contribution is 5.89. The lowest BCUT2D eigenvalue weighted by Gasteiger charge is -2.12. The monoisotopic (exact) mass is 411 g/mol. The van der Waals surface area contributed by atoms with Crippen molar-refractivity contribution in [3.8, 4) is 17.6 Å². The summed E-state index contributed by atoms with van der Waals surface area (Å²) in [6.45, 7) is -0.436. The molecule has 0 spiro atoms. The fourth-order valence-electron chi connectivity index (χ4n) is 3.08. The molecule has 0 unspecified atom stereocenters. The molecular formula is C24H17N3O4. The van der Waals surface area contributed by atoms with Gasteiger partial charge in [-0.1, -0.05) is 36.4 Å². The third kappa shape index (κ3) is 4.43. The first-order valence-electron chi connectivity index (χ1n) is 9.51. The SMILES string of the molecule is N#CCn1c(COC(=O)c2cccc(Oc3ccccc3)c2)nc2ccccc2c1=O. The molecule has 7 heteroatoms. The Morgan fingerprint density at radius 2 is 1.71 bits per heavy atom. The van der Waals surface area contributed by atoms with Crippen LogP contribution in [-0.2, 0) is 17.9 Å². The van der Waals surface area contributed by atoms with E-state index < -0.39 is 5.97 Å². The maximum atomic E-state index is 12.7. The predicted molar refractivity (Wildman–Crippen MR) is 114 cm³/mol. The summed E-state index contributed by atoms with van der Waals surface area (Å²) < 4.78 is 12.3. The minimum Gasteiger partial charge on any atom is -0.457 e. The lowest BCUT2D eigenvalue weighted by Crippen LogP contribution is -2.26. The van der Waals surface area contributed by atoms with E-state index in [-0.39, 0.29) is 24.5 Å². The number of para-hydroxylation sites is 2. The molecule has 1 heterocycles. The Hall–Kier alpha value is -4.44. The van der Waals surface area contributed by atoms with E-state index >= 15 is 0 Å². The molecule has 31 heavy (non-hydrogen) atoms. The summed E-state index contributed by atoms with van der Waals surface area (Å²) in [4.78, 5) is 29.7. The van der Waals surface area contributed by atoms with Crippen molar-refractivity contribution in [3.05, 3.63) is 101 Å². The van der Waals surface area contributed by atoms with Crippen LogP contribution < -0.4 is 10.3 Å². The predicted octanol–water partition coefficient (Wildman–Crippen LogP) is 4.07. The number of esters is 1. The topological polar surface area (TPSA) is 94.2 Å². The number of benzene rings is 3. The summed E-state index contributed by atoms with van der Waals surface area (Å²) in [5, 5.41) is 9.49. The Kier molecular flexibility index (Phi) is 5.72. The molecular weight excluding hydrogens is 394 g/mol. The summed E-state index contributed by atoms with van der Waals surface area (Å²) >= 11 is 0. The van der Waals surface area contributed by atoms with E-state index in [4.69, 9.17) is 14.7 Å². The number of hydrogen-bond acceptors (Lipinski definition) is 6. The number of fused-ring (bicyclic) bond motifs is 1. The van der Waals surface area contributed by atoms with Gasteiger partial charge in [-0.25, -0.2) is 9.78 Å². The number of ether oxygens (including phenoxy) is 2. The van der Waals surface area contributed by atoms with Gasteiger partial charge in [0, 0.05) is 0 Å². The maximum Gasteiger partial charge on any atom is 0.338 e. The van der Waals surface area contributed by atoms with Crippen molar-refractivity contribution in [1.29, 1.82) is 5.26 Å². The first kappa shape index (κ1) is 19.9. The van der Waals surface area contributed by atoms with Crippen molar-refractivity contribution in [1.82, 2.24) is 9.55 Å². The second kappa shape index (κ2) is 8.93. The Bertz CT molecular complexity index is 1340. The Morgan fingerprint density at radius 3 is 2.52 bits per heavy atom. The zero-order chi connectivity index (χ0) is 21.6. The summed E-state index contributed by atoms with van der Waals surface area (Å²) in [5.41, 5.74) is 0.422. The largest absolute Gasteiger partial charge is 0.457 e. The van der Waals surface area contributed by atoms with Crippen LogP contribution in [0.15, 0.2) is 83.7 Å². The molecule has 0 aliphatic rings. The van der Waals surface area contributed by atoms with Gasteiger partial charge in [0.1, 0.15) is 24.7 Å². The second-order valence-electron chi connectivity index (χ2n) is 6.61. The molecule has 0 aliphatic heterocycles. The van der Waals surface area contributed by atoms with Gasteiger partial charge in [0.15, 0.2) is 5.82 Å². The van der Waals surface area contributed by atoms with Crippen LogP contribution in [0.2, 0.25) is 0 Å². The third-order valence-electron chi connectivity index (χ3n) is 4.55. The molecule has 0 bridgehead atoms. The van der Waals surface area contributed by atoms with Gasteiger partial charge in [0.2, 0.25) is 0 Å². The van der Waals surface area contributed by atoms with Crippen molar-refractivity contribution >= 4 is 16.9 Å². The fraction of sp³-hybridized carbons (Fsp3) is 0.0833. The molecule has 0 atom stereocenters. The molecule has 0 saturated carbocycles. The molecule has 0 amide bonds. The van der Waals surface area contributed by atoms with E-state index in [1.165, 1.54) is 4.57 Å². The second-order valence-corrected chi connectivity index (χ2v) is 6.61. The van der Waals surface area contributed by atoms with Crippen LogP contribution in [0.4, 0.5) is 0 Å². The van der Waals surface area contributed by atoms with Gasteiger partial charge in [-0.15, -0.1) is 0 Å². The third-order valence-corrected chi connectivity index (χ3v) is 4.55. The first-order valence-corrected chi connectivity index (χ1v) is 9.51. The number of carbonyl (C=O) groups excluding carboxylic acids is 1. The first-order chi connectivity index (χ1) is 15.2. The van der Waals surface area contributed by atoms with Gasteiger partial charge >= 0.3 is 5.97 Å². The van der Waals surface area contributed by atoms with Crippen molar-refractivity contribution in [2.45, 2.75) is 13.2 Å². The van der Waals surface area contributed by atoms with Crippen LogP contribution in [0.3, 0.4) is 0 Å². The molecule has 0 N–H and O–H groups in total. The van der Waals surface area contributed by atoms with E-state index in [0.29, 0.717) is 28.0 Å². The molecule has 0 radical (unpaired) electrons. The van der Waals surface area contributed by atoms with Crippen LogP contribution in [-0.4, -0.2) is 15.5 Å². The molecule has 0 saturated heterocycles. The van der Waals surface area contributed by atoms with Crippen molar-refractivity contribution in [3.63, 3.8) is 0 Å². The highest BCUT2D eigenvalue weighted by Crippen LogP contribution is 2.22. The van der Waals surface area contributed by atoms with E-state index in [2.05, 4.69) is 4.98 Å². The smallest absolute Gasteiger partial charge is 0.338 e. The van der Waals surface area contributed by atoms with Gasteiger partial charge in [0.25, 0.3) is 5.56 Å². The number of carbonyl (C=O) groups is 1. The zero-order valence-electron chi connectivity index (χ0n) is 16.4. The number of aromatic nitrogens is 2. The van der Waals surface area contributed by atoms with Crippen LogP contribution in [0.1, 0.15) is 16.2 Å². The molecule has 4 rings (SSSR count). The quantitative estimate of drug-likeness (QED) is 0.444. The maximum absolute atomic E-state index is 12.7. The van der Waals surface area contributed by atoms with Gasteiger partial charge < -0.3 is 9.47 Å². The van der Waals surface area contributed by atoms with E-state index in [0.717, 1.165) is 0 Å². The number of rotatable bonds is 6. The summed E-state index contributed by atoms with van der Waals surface area (Å²) in [7, 11) is 0. The van der Waals surface area contributed by atoms with Gasteiger partial charge in [-0.3, -0.25) is 9.36 Å². The molecule has 7 nitrogen and oxygen atoms in total. The molecule has 4 aromatic rings. The Morgan fingerprint density at radius 1 is 0.968 bits per heavy atom. The number of nitrogens with zero attached hydrogens (tertiary/aromatic N) is 3. The molecule has 152 valence electrons. The minimum atomic E-state index is -0.593. The van der Waals surface area contributed by atoms with Gasteiger partial charge in [-0.05, 0) is 42.5 Å². The van der Waals surface area contributed by atoms with Crippen LogP contribution >= 0.6 is 0 Å². The lowest BCUT2D eigenvalue weighted by atomic mass is 10.2. The molecule has 3 aromatic carbocycles. The zero-order valence-corrected chi connectivity index (χ0v) is 16.4. The van der Waals surface area contributed by atoms with Gasteiger partial charge in [0.05, 0.1) is 22.5 Å². The number of nitriles is 1. The van der Waals surface area contributed by atoms with Crippen LogP contribution in [0.25, 0.3) is 10.9 Å².